The fourth-order valence-electron chi connectivity index (χ4n) is 3.27. The Morgan fingerprint density at radius 1 is 1.20 bits per heavy atom. The SMILES string of the molecule is O=C(N[C@@H]1CCCc2c1cnn2-c1ccccc1F)c1ccccn1. The fraction of sp³-hybridized carbons (Fsp3) is 0.211. The molecule has 1 aromatic carbocycles. The van der Waals surface area contributed by atoms with Gasteiger partial charge in [0.15, 0.2) is 0 Å². The van der Waals surface area contributed by atoms with Crippen LogP contribution in [0.4, 0.5) is 4.39 Å². The van der Waals surface area contributed by atoms with Gasteiger partial charge in [-0.1, -0.05) is 18.2 Å². The topological polar surface area (TPSA) is 59.8 Å². The molecule has 5 nitrogen and oxygen atoms in total. The molecule has 2 heterocycles. The van der Waals surface area contributed by atoms with Crippen molar-refractivity contribution in [2.75, 3.05) is 0 Å². The second-order valence-electron chi connectivity index (χ2n) is 6.04. The van der Waals surface area contributed by atoms with E-state index in [2.05, 4.69) is 15.4 Å². The van der Waals surface area contributed by atoms with Crippen molar-refractivity contribution in [2.24, 2.45) is 0 Å². The van der Waals surface area contributed by atoms with E-state index in [0.29, 0.717) is 11.4 Å². The maximum Gasteiger partial charge on any atom is 0.270 e. The van der Waals surface area contributed by atoms with Crippen LogP contribution in [0.2, 0.25) is 0 Å². The molecule has 0 saturated heterocycles. The molecule has 1 amide bonds. The number of fused-ring (bicyclic) bond motifs is 1. The molecule has 0 fully saturated rings. The summed E-state index contributed by atoms with van der Waals surface area (Å²) in [4.78, 5) is 16.5. The molecule has 2 aromatic heterocycles. The van der Waals surface area contributed by atoms with E-state index < -0.39 is 0 Å². The molecular formula is C19H17FN4O. The number of carbonyl (C=O) groups excluding carboxylic acids is 1. The number of nitrogens with zero attached hydrogens (tertiary/aromatic N) is 3. The Morgan fingerprint density at radius 3 is 2.84 bits per heavy atom. The smallest absolute Gasteiger partial charge is 0.270 e. The second kappa shape index (κ2) is 6.47. The first-order valence-corrected chi connectivity index (χ1v) is 8.27. The van der Waals surface area contributed by atoms with Crippen molar-refractivity contribution >= 4 is 5.91 Å². The van der Waals surface area contributed by atoms with Gasteiger partial charge < -0.3 is 5.32 Å². The van der Waals surface area contributed by atoms with Crippen LogP contribution in [-0.4, -0.2) is 20.7 Å². The normalized spacial score (nSPS) is 16.3. The summed E-state index contributed by atoms with van der Waals surface area (Å²) in [5.74, 6) is -0.523. The van der Waals surface area contributed by atoms with Gasteiger partial charge in [-0.05, 0) is 43.5 Å². The summed E-state index contributed by atoms with van der Waals surface area (Å²) in [6, 6.07) is 11.7. The van der Waals surface area contributed by atoms with Crippen LogP contribution in [0.1, 0.15) is 40.6 Å². The van der Waals surface area contributed by atoms with E-state index in [1.54, 1.807) is 53.5 Å². The van der Waals surface area contributed by atoms with Crippen molar-refractivity contribution in [1.29, 1.82) is 0 Å². The zero-order valence-corrected chi connectivity index (χ0v) is 13.5. The van der Waals surface area contributed by atoms with Crippen molar-refractivity contribution in [3.05, 3.63) is 77.6 Å². The molecule has 6 heteroatoms. The van der Waals surface area contributed by atoms with Crippen LogP contribution in [0.15, 0.2) is 54.9 Å². The quantitative estimate of drug-likeness (QED) is 0.799. The largest absolute Gasteiger partial charge is 0.344 e. The Hall–Kier alpha value is -3.02. The molecule has 0 unspecified atom stereocenters. The molecule has 0 aliphatic heterocycles. The highest BCUT2D eigenvalue weighted by atomic mass is 19.1. The molecule has 1 aliphatic carbocycles. The fourth-order valence-corrected chi connectivity index (χ4v) is 3.27. The predicted molar refractivity (Wildman–Crippen MR) is 90.9 cm³/mol. The summed E-state index contributed by atoms with van der Waals surface area (Å²) in [5, 5.41) is 7.39. The summed E-state index contributed by atoms with van der Waals surface area (Å²) >= 11 is 0. The number of pyridine rings is 1. The first-order valence-electron chi connectivity index (χ1n) is 8.27. The summed E-state index contributed by atoms with van der Waals surface area (Å²) < 4.78 is 15.8. The van der Waals surface area contributed by atoms with Gasteiger partial charge in [0.1, 0.15) is 17.2 Å². The summed E-state index contributed by atoms with van der Waals surface area (Å²) in [6.45, 7) is 0. The van der Waals surface area contributed by atoms with Gasteiger partial charge in [0.25, 0.3) is 5.91 Å². The molecule has 25 heavy (non-hydrogen) atoms. The highest BCUT2D eigenvalue weighted by Crippen LogP contribution is 2.31. The maximum absolute atomic E-state index is 14.1. The molecule has 1 atom stereocenters. The lowest BCUT2D eigenvalue weighted by Crippen LogP contribution is -2.31. The van der Waals surface area contributed by atoms with Crippen molar-refractivity contribution in [3.8, 4) is 5.69 Å². The van der Waals surface area contributed by atoms with E-state index in [-0.39, 0.29) is 17.8 Å². The van der Waals surface area contributed by atoms with Gasteiger partial charge in [-0.2, -0.15) is 5.10 Å². The average molecular weight is 336 g/mol. The third kappa shape index (κ3) is 2.91. The molecule has 4 rings (SSSR count). The highest BCUT2D eigenvalue weighted by Gasteiger charge is 2.27. The van der Waals surface area contributed by atoms with Crippen molar-refractivity contribution < 1.29 is 9.18 Å². The molecule has 126 valence electrons. The van der Waals surface area contributed by atoms with Crippen LogP contribution in [-0.2, 0) is 6.42 Å². The molecule has 0 spiro atoms. The molecule has 3 aromatic rings. The minimum Gasteiger partial charge on any atom is -0.344 e. The average Bonchev–Trinajstić information content (AvgIpc) is 3.08. The standard InChI is InChI=1S/C19H17FN4O/c20-14-6-1-2-9-18(14)24-17-10-5-8-15(13(17)12-22-24)23-19(25)16-7-3-4-11-21-16/h1-4,6-7,9,11-12,15H,5,8,10H2,(H,23,25)/t15-/m1/s1. The lowest BCUT2D eigenvalue weighted by atomic mass is 9.92. The number of aromatic nitrogens is 3. The van der Waals surface area contributed by atoms with Crippen molar-refractivity contribution in [2.45, 2.75) is 25.3 Å². The number of amides is 1. The van der Waals surface area contributed by atoms with Gasteiger partial charge in [0, 0.05) is 17.5 Å². The van der Waals surface area contributed by atoms with Crippen LogP contribution >= 0.6 is 0 Å². The lowest BCUT2D eigenvalue weighted by molar-refractivity contribution is 0.0927. The Balaban J connectivity index is 1.63. The van der Waals surface area contributed by atoms with E-state index in [4.69, 9.17) is 0 Å². The molecule has 0 radical (unpaired) electrons. The van der Waals surface area contributed by atoms with Crippen molar-refractivity contribution in [1.82, 2.24) is 20.1 Å². The maximum atomic E-state index is 14.1. The van der Waals surface area contributed by atoms with E-state index in [1.807, 2.05) is 0 Å². The van der Waals surface area contributed by atoms with E-state index in [1.165, 1.54) is 6.07 Å². The number of rotatable bonds is 3. The van der Waals surface area contributed by atoms with E-state index in [9.17, 15) is 9.18 Å². The Labute approximate surface area is 144 Å². The molecule has 1 N–H and O–H groups in total. The van der Waals surface area contributed by atoms with Gasteiger partial charge in [-0.3, -0.25) is 9.78 Å². The van der Waals surface area contributed by atoms with Gasteiger partial charge >= 0.3 is 0 Å². The first kappa shape index (κ1) is 15.5. The number of nitrogens with one attached hydrogen (secondary N) is 1. The summed E-state index contributed by atoms with van der Waals surface area (Å²) in [5.41, 5.74) is 2.71. The van der Waals surface area contributed by atoms with Gasteiger partial charge in [-0.25, -0.2) is 9.07 Å². The minimum absolute atomic E-state index is 0.140. The van der Waals surface area contributed by atoms with E-state index in [0.717, 1.165) is 30.5 Å². The number of halogens is 1. The van der Waals surface area contributed by atoms with Crippen LogP contribution < -0.4 is 5.32 Å². The van der Waals surface area contributed by atoms with E-state index >= 15 is 0 Å². The zero-order chi connectivity index (χ0) is 17.2. The monoisotopic (exact) mass is 336 g/mol. The number of hydrogen-bond donors (Lipinski definition) is 1. The van der Waals surface area contributed by atoms with Gasteiger partial charge in [0.05, 0.1) is 12.2 Å². The first-order chi connectivity index (χ1) is 12.2. The Bertz CT molecular complexity index is 907. The van der Waals surface area contributed by atoms with Crippen molar-refractivity contribution in [3.63, 3.8) is 0 Å². The van der Waals surface area contributed by atoms with Crippen LogP contribution in [0.3, 0.4) is 0 Å². The third-order valence-corrected chi connectivity index (χ3v) is 4.47. The number of para-hydroxylation sites is 1. The number of hydrogen-bond acceptors (Lipinski definition) is 3. The molecule has 0 bridgehead atoms. The van der Waals surface area contributed by atoms with Crippen LogP contribution in [0, 0.1) is 5.82 Å². The predicted octanol–water partition coefficient (Wildman–Crippen LogP) is 3.21. The van der Waals surface area contributed by atoms with Gasteiger partial charge in [0.2, 0.25) is 0 Å². The third-order valence-electron chi connectivity index (χ3n) is 4.47. The second-order valence-corrected chi connectivity index (χ2v) is 6.04. The Morgan fingerprint density at radius 2 is 2.04 bits per heavy atom. The lowest BCUT2D eigenvalue weighted by Gasteiger charge is -2.24. The molecular weight excluding hydrogens is 319 g/mol. The zero-order valence-electron chi connectivity index (χ0n) is 13.5. The van der Waals surface area contributed by atoms with Crippen LogP contribution in [0.25, 0.3) is 5.69 Å². The molecule has 1 aliphatic rings. The van der Waals surface area contributed by atoms with Crippen LogP contribution in [0.5, 0.6) is 0 Å². The Kier molecular flexibility index (Phi) is 4.01. The highest BCUT2D eigenvalue weighted by molar-refractivity contribution is 5.92. The number of benzene rings is 1. The number of carbonyl (C=O) groups is 1. The summed E-state index contributed by atoms with van der Waals surface area (Å²) in [7, 11) is 0. The molecule has 0 saturated carbocycles. The minimum atomic E-state index is -0.312. The summed E-state index contributed by atoms with van der Waals surface area (Å²) in [6.07, 6.45) is 5.86. The van der Waals surface area contributed by atoms with Gasteiger partial charge in [-0.15, -0.1) is 0 Å².